The third kappa shape index (κ3) is 3.53. The second kappa shape index (κ2) is 6.89. The summed E-state index contributed by atoms with van der Waals surface area (Å²) in [5.41, 5.74) is 1.64. The fourth-order valence-corrected chi connectivity index (χ4v) is 2.96. The number of pyridine rings is 1. The summed E-state index contributed by atoms with van der Waals surface area (Å²) in [6, 6.07) is 3.86. The van der Waals surface area contributed by atoms with Crippen LogP contribution in [0.5, 0.6) is 0 Å². The Morgan fingerprint density at radius 1 is 1.00 bits per heavy atom. The molecule has 0 bridgehead atoms. The van der Waals surface area contributed by atoms with Gasteiger partial charge in [-0.2, -0.15) is 0 Å². The lowest BCUT2D eigenvalue weighted by Crippen LogP contribution is -2.36. The highest BCUT2D eigenvalue weighted by Crippen LogP contribution is 2.17. The van der Waals surface area contributed by atoms with E-state index in [2.05, 4.69) is 9.88 Å². The molecule has 0 unspecified atom stereocenters. The Bertz CT molecular complexity index is 461. The number of anilines is 1. The van der Waals surface area contributed by atoms with Crippen molar-refractivity contribution in [2.45, 2.75) is 25.7 Å². The van der Waals surface area contributed by atoms with E-state index in [9.17, 15) is 4.79 Å². The minimum atomic E-state index is 0.0745. The SMILES string of the molecule is O=C(c1ccc(N2CCOCC2)cn1)N1CCCCCC1. The second-order valence-corrected chi connectivity index (χ2v) is 5.71. The summed E-state index contributed by atoms with van der Waals surface area (Å²) in [5, 5.41) is 0. The van der Waals surface area contributed by atoms with Crippen LogP contribution in [-0.2, 0) is 4.74 Å². The molecule has 2 aliphatic rings. The molecule has 0 spiro atoms. The first-order chi connectivity index (χ1) is 10.3. The van der Waals surface area contributed by atoms with E-state index in [1.54, 1.807) is 0 Å². The smallest absolute Gasteiger partial charge is 0.272 e. The number of hydrogen-bond donors (Lipinski definition) is 0. The molecule has 2 saturated heterocycles. The van der Waals surface area contributed by atoms with E-state index >= 15 is 0 Å². The topological polar surface area (TPSA) is 45.7 Å². The van der Waals surface area contributed by atoms with E-state index in [-0.39, 0.29) is 5.91 Å². The number of carbonyl (C=O) groups excluding carboxylic acids is 1. The molecule has 5 heteroatoms. The standard InChI is InChI=1S/C16H23N3O2/c20-16(19-7-3-1-2-4-8-19)15-6-5-14(13-17-15)18-9-11-21-12-10-18/h5-6,13H,1-4,7-12H2. The molecule has 0 saturated carbocycles. The number of morpholine rings is 1. The van der Waals surface area contributed by atoms with Crippen molar-refractivity contribution in [1.82, 2.24) is 9.88 Å². The van der Waals surface area contributed by atoms with Crippen LogP contribution in [0.15, 0.2) is 18.3 Å². The first-order valence-corrected chi connectivity index (χ1v) is 7.92. The average Bonchev–Trinajstić information content (AvgIpc) is 2.84. The van der Waals surface area contributed by atoms with E-state index in [4.69, 9.17) is 4.74 Å². The van der Waals surface area contributed by atoms with Gasteiger partial charge in [-0.3, -0.25) is 4.79 Å². The van der Waals surface area contributed by atoms with Crippen LogP contribution in [0.4, 0.5) is 5.69 Å². The maximum Gasteiger partial charge on any atom is 0.272 e. The quantitative estimate of drug-likeness (QED) is 0.834. The largest absolute Gasteiger partial charge is 0.378 e. The van der Waals surface area contributed by atoms with Gasteiger partial charge in [0.1, 0.15) is 5.69 Å². The summed E-state index contributed by atoms with van der Waals surface area (Å²) in [5.74, 6) is 0.0745. The summed E-state index contributed by atoms with van der Waals surface area (Å²) >= 11 is 0. The van der Waals surface area contributed by atoms with Gasteiger partial charge in [-0.15, -0.1) is 0 Å². The zero-order valence-corrected chi connectivity index (χ0v) is 12.5. The summed E-state index contributed by atoms with van der Waals surface area (Å²) in [6.07, 6.45) is 6.49. The molecule has 2 aliphatic heterocycles. The van der Waals surface area contributed by atoms with Gasteiger partial charge in [0.15, 0.2) is 0 Å². The lowest BCUT2D eigenvalue weighted by Gasteiger charge is -2.28. The third-order valence-corrected chi connectivity index (χ3v) is 4.24. The number of hydrogen-bond acceptors (Lipinski definition) is 4. The van der Waals surface area contributed by atoms with E-state index in [0.717, 1.165) is 57.9 Å². The maximum atomic E-state index is 12.5. The number of rotatable bonds is 2. The van der Waals surface area contributed by atoms with Crippen molar-refractivity contribution in [1.29, 1.82) is 0 Å². The Morgan fingerprint density at radius 2 is 1.71 bits per heavy atom. The summed E-state index contributed by atoms with van der Waals surface area (Å²) in [4.78, 5) is 21.1. The van der Waals surface area contributed by atoms with Crippen LogP contribution in [0.1, 0.15) is 36.2 Å². The van der Waals surface area contributed by atoms with Crippen molar-refractivity contribution in [2.24, 2.45) is 0 Å². The maximum absolute atomic E-state index is 12.5. The summed E-state index contributed by atoms with van der Waals surface area (Å²) in [6.45, 7) is 5.03. The van der Waals surface area contributed by atoms with Crippen molar-refractivity contribution in [3.05, 3.63) is 24.0 Å². The molecule has 0 aromatic carbocycles. The minimum absolute atomic E-state index is 0.0745. The molecule has 2 fully saturated rings. The van der Waals surface area contributed by atoms with Gasteiger partial charge in [-0.1, -0.05) is 12.8 Å². The molecule has 1 aromatic rings. The van der Waals surface area contributed by atoms with Gasteiger partial charge >= 0.3 is 0 Å². The molecule has 0 N–H and O–H groups in total. The van der Waals surface area contributed by atoms with Crippen molar-refractivity contribution in [3.8, 4) is 0 Å². The molecule has 1 amide bonds. The van der Waals surface area contributed by atoms with Crippen molar-refractivity contribution < 1.29 is 9.53 Å². The average molecular weight is 289 g/mol. The molecule has 0 aliphatic carbocycles. The van der Waals surface area contributed by atoms with E-state index in [0.29, 0.717) is 5.69 Å². The fraction of sp³-hybridized carbons (Fsp3) is 0.625. The van der Waals surface area contributed by atoms with Crippen LogP contribution in [0, 0.1) is 0 Å². The monoisotopic (exact) mass is 289 g/mol. The number of ether oxygens (including phenoxy) is 1. The second-order valence-electron chi connectivity index (χ2n) is 5.71. The van der Waals surface area contributed by atoms with Gasteiger partial charge in [-0.25, -0.2) is 4.98 Å². The van der Waals surface area contributed by atoms with E-state index in [1.165, 1.54) is 12.8 Å². The number of amides is 1. The zero-order chi connectivity index (χ0) is 14.5. The predicted octanol–water partition coefficient (Wildman–Crippen LogP) is 1.93. The number of nitrogens with zero attached hydrogens (tertiary/aromatic N) is 3. The van der Waals surface area contributed by atoms with Crippen LogP contribution in [0.25, 0.3) is 0 Å². The van der Waals surface area contributed by atoms with Crippen LogP contribution < -0.4 is 4.90 Å². The molecule has 5 nitrogen and oxygen atoms in total. The molecule has 0 atom stereocenters. The lowest BCUT2D eigenvalue weighted by atomic mass is 10.2. The van der Waals surface area contributed by atoms with Crippen molar-refractivity contribution >= 4 is 11.6 Å². The first kappa shape index (κ1) is 14.3. The number of likely N-dealkylation sites (tertiary alicyclic amines) is 1. The minimum Gasteiger partial charge on any atom is -0.378 e. The molecule has 0 radical (unpaired) electrons. The Balaban J connectivity index is 1.66. The highest BCUT2D eigenvalue weighted by atomic mass is 16.5. The van der Waals surface area contributed by atoms with Gasteiger partial charge in [0.25, 0.3) is 5.91 Å². The van der Waals surface area contributed by atoms with E-state index < -0.39 is 0 Å². The van der Waals surface area contributed by atoms with Gasteiger partial charge in [-0.05, 0) is 25.0 Å². The number of aromatic nitrogens is 1. The highest BCUT2D eigenvalue weighted by molar-refractivity contribution is 5.92. The third-order valence-electron chi connectivity index (χ3n) is 4.24. The predicted molar refractivity (Wildman–Crippen MR) is 81.6 cm³/mol. The fourth-order valence-electron chi connectivity index (χ4n) is 2.96. The molecule has 1 aromatic heterocycles. The van der Waals surface area contributed by atoms with Gasteiger partial charge < -0.3 is 14.5 Å². The van der Waals surface area contributed by atoms with Crippen LogP contribution in [0.3, 0.4) is 0 Å². The molecule has 3 rings (SSSR count). The van der Waals surface area contributed by atoms with Crippen LogP contribution >= 0.6 is 0 Å². The number of carbonyl (C=O) groups is 1. The highest BCUT2D eigenvalue weighted by Gasteiger charge is 2.19. The van der Waals surface area contributed by atoms with Crippen molar-refractivity contribution in [3.63, 3.8) is 0 Å². The van der Waals surface area contributed by atoms with Crippen LogP contribution in [0.2, 0.25) is 0 Å². The molecular formula is C16H23N3O2. The molecule has 3 heterocycles. The van der Waals surface area contributed by atoms with Gasteiger partial charge in [0, 0.05) is 26.2 Å². The molecule has 114 valence electrons. The van der Waals surface area contributed by atoms with E-state index in [1.807, 2.05) is 23.2 Å². The summed E-state index contributed by atoms with van der Waals surface area (Å²) < 4.78 is 5.35. The first-order valence-electron chi connectivity index (χ1n) is 7.92. The Kier molecular flexibility index (Phi) is 4.70. The van der Waals surface area contributed by atoms with Gasteiger partial charge in [0.05, 0.1) is 25.1 Å². The molecule has 21 heavy (non-hydrogen) atoms. The normalized spacial score (nSPS) is 20.2. The Morgan fingerprint density at radius 3 is 2.33 bits per heavy atom. The van der Waals surface area contributed by atoms with Gasteiger partial charge in [0.2, 0.25) is 0 Å². The zero-order valence-electron chi connectivity index (χ0n) is 12.5. The Labute approximate surface area is 125 Å². The van der Waals surface area contributed by atoms with Crippen molar-refractivity contribution in [2.75, 3.05) is 44.3 Å². The summed E-state index contributed by atoms with van der Waals surface area (Å²) in [7, 11) is 0. The Hall–Kier alpha value is -1.62. The van der Waals surface area contributed by atoms with Crippen LogP contribution in [-0.4, -0.2) is 55.2 Å². The lowest BCUT2D eigenvalue weighted by molar-refractivity contribution is 0.0755. The molecular weight excluding hydrogens is 266 g/mol.